The Hall–Kier alpha value is -7.44. The second-order valence-corrected chi connectivity index (χ2v) is 15.0. The van der Waals surface area contributed by atoms with Crippen molar-refractivity contribution in [2.45, 2.75) is 19.4 Å². The molecule has 1 atom stereocenters. The van der Waals surface area contributed by atoms with Crippen LogP contribution in [0.15, 0.2) is 146 Å². The van der Waals surface area contributed by atoms with Gasteiger partial charge in [-0.25, -0.2) is 0 Å². The molecule has 0 spiro atoms. The molecule has 8 aromatic carbocycles. The molecule has 6 heteroatoms. The lowest BCUT2D eigenvalue weighted by Crippen LogP contribution is -2.35. The molecular formula is C52H34O6. The van der Waals surface area contributed by atoms with E-state index >= 15 is 0 Å². The van der Waals surface area contributed by atoms with Gasteiger partial charge in [0.05, 0.1) is 7.11 Å². The van der Waals surface area contributed by atoms with Gasteiger partial charge in [-0.05, 0) is 70.7 Å². The van der Waals surface area contributed by atoms with Gasteiger partial charge in [0.2, 0.25) is 11.6 Å². The molecule has 1 aliphatic heterocycles. The summed E-state index contributed by atoms with van der Waals surface area (Å²) in [5.41, 5.74) is 8.28. The fraction of sp³-hybridized carbons (Fsp3) is 0.0769. The molecule has 6 nitrogen and oxygen atoms in total. The van der Waals surface area contributed by atoms with E-state index in [1.54, 1.807) is 31.4 Å². The van der Waals surface area contributed by atoms with Crippen molar-refractivity contribution in [3.05, 3.63) is 185 Å². The molecule has 278 valence electrons. The number of allylic oxidation sites excluding steroid dienone is 1. The largest absolute Gasteiger partial charge is 0.496 e. The van der Waals surface area contributed by atoms with Crippen LogP contribution in [-0.2, 0) is 5.60 Å². The van der Waals surface area contributed by atoms with Gasteiger partial charge in [0, 0.05) is 60.5 Å². The van der Waals surface area contributed by atoms with E-state index in [0.717, 1.165) is 83.8 Å². The Morgan fingerprint density at radius 3 is 1.78 bits per heavy atom. The van der Waals surface area contributed by atoms with E-state index < -0.39 is 17.2 Å². The van der Waals surface area contributed by atoms with E-state index in [-0.39, 0.29) is 5.78 Å². The van der Waals surface area contributed by atoms with Crippen molar-refractivity contribution < 1.29 is 28.7 Å². The highest BCUT2D eigenvalue weighted by molar-refractivity contribution is 6.57. The molecule has 0 N–H and O–H groups in total. The fourth-order valence-electron chi connectivity index (χ4n) is 9.07. The average Bonchev–Trinajstić information content (AvgIpc) is 3.51. The van der Waals surface area contributed by atoms with Gasteiger partial charge < -0.3 is 9.47 Å². The highest BCUT2D eigenvalue weighted by atomic mass is 16.5. The number of hydrogen-bond donors (Lipinski definition) is 0. The van der Waals surface area contributed by atoms with Crippen LogP contribution in [0.2, 0.25) is 0 Å². The Morgan fingerprint density at radius 1 is 0.603 bits per heavy atom. The minimum atomic E-state index is -1.06. The number of carbonyl (C=O) groups is 4. The van der Waals surface area contributed by atoms with E-state index in [4.69, 9.17) is 9.47 Å². The fourth-order valence-corrected chi connectivity index (χ4v) is 9.07. The van der Waals surface area contributed by atoms with Gasteiger partial charge in [0.25, 0.3) is 0 Å². The van der Waals surface area contributed by atoms with Crippen LogP contribution in [0, 0.1) is 0 Å². The van der Waals surface area contributed by atoms with Crippen molar-refractivity contribution in [3.63, 3.8) is 0 Å². The molecular weight excluding hydrogens is 721 g/mol. The number of aldehydes is 1. The number of fused-ring (bicyclic) bond motifs is 4. The zero-order chi connectivity index (χ0) is 39.9. The summed E-state index contributed by atoms with van der Waals surface area (Å²) >= 11 is 0. The Kier molecular flexibility index (Phi) is 7.89. The normalized spacial score (nSPS) is 15.7. The van der Waals surface area contributed by atoms with Gasteiger partial charge in [-0.1, -0.05) is 127 Å². The lowest BCUT2D eigenvalue weighted by atomic mass is 9.80. The zero-order valence-corrected chi connectivity index (χ0v) is 31.9. The number of ketones is 3. The van der Waals surface area contributed by atoms with Crippen LogP contribution in [0.25, 0.3) is 60.1 Å². The summed E-state index contributed by atoms with van der Waals surface area (Å²) in [4.78, 5) is 50.3. The molecule has 1 heterocycles. The molecule has 2 aliphatic rings. The minimum absolute atomic E-state index is 0.102. The van der Waals surface area contributed by atoms with Crippen molar-refractivity contribution in [3.8, 4) is 33.8 Å². The van der Waals surface area contributed by atoms with Crippen LogP contribution in [0.3, 0.4) is 0 Å². The number of hydrogen-bond acceptors (Lipinski definition) is 6. The lowest BCUT2D eigenvalue weighted by Gasteiger charge is -2.38. The topological polar surface area (TPSA) is 86.7 Å². The summed E-state index contributed by atoms with van der Waals surface area (Å²) < 4.78 is 13.2. The molecule has 0 aromatic heterocycles. The molecule has 0 bridgehead atoms. The third-order valence-electron chi connectivity index (χ3n) is 11.8. The first kappa shape index (κ1) is 35.0. The first-order valence-corrected chi connectivity index (χ1v) is 19.1. The van der Waals surface area contributed by atoms with Crippen molar-refractivity contribution in [2.75, 3.05) is 7.11 Å². The second-order valence-electron chi connectivity index (χ2n) is 15.0. The first-order valence-electron chi connectivity index (χ1n) is 19.1. The Bertz CT molecular complexity index is 3130. The van der Waals surface area contributed by atoms with Gasteiger partial charge in [-0.3, -0.25) is 19.2 Å². The number of carbonyl (C=O) groups excluding carboxylic acids is 4. The molecule has 58 heavy (non-hydrogen) atoms. The third kappa shape index (κ3) is 5.04. The average molecular weight is 755 g/mol. The molecule has 0 amide bonds. The van der Waals surface area contributed by atoms with Crippen molar-refractivity contribution in [1.82, 2.24) is 0 Å². The van der Waals surface area contributed by atoms with Gasteiger partial charge in [0.15, 0.2) is 17.7 Å². The van der Waals surface area contributed by atoms with E-state index in [1.807, 2.05) is 60.7 Å². The van der Waals surface area contributed by atoms with Crippen LogP contribution in [0.5, 0.6) is 11.5 Å². The summed E-state index contributed by atoms with van der Waals surface area (Å²) in [5.74, 6) is 0.486. The highest BCUT2D eigenvalue weighted by Crippen LogP contribution is 2.50. The summed E-state index contributed by atoms with van der Waals surface area (Å²) in [6, 6.07) is 45.2. The molecule has 0 radical (unpaired) electrons. The highest BCUT2D eigenvalue weighted by Gasteiger charge is 2.40. The number of benzene rings is 8. The van der Waals surface area contributed by atoms with Gasteiger partial charge in [-0.2, -0.15) is 0 Å². The minimum Gasteiger partial charge on any atom is -0.496 e. The molecule has 1 aliphatic carbocycles. The predicted octanol–water partition coefficient (Wildman–Crippen LogP) is 11.6. The van der Waals surface area contributed by atoms with Gasteiger partial charge >= 0.3 is 0 Å². The number of rotatable bonds is 7. The summed E-state index contributed by atoms with van der Waals surface area (Å²) in [6.45, 7) is 3.61. The smallest absolute Gasteiger partial charge is 0.234 e. The van der Waals surface area contributed by atoms with Crippen LogP contribution in [0.1, 0.15) is 72.0 Å². The molecule has 1 unspecified atom stereocenters. The maximum Gasteiger partial charge on any atom is 0.234 e. The maximum atomic E-state index is 12.8. The summed E-state index contributed by atoms with van der Waals surface area (Å²) in [6.07, 6.45) is 2.97. The molecule has 0 saturated heterocycles. The van der Waals surface area contributed by atoms with Crippen LogP contribution >= 0.6 is 0 Å². The van der Waals surface area contributed by atoms with Crippen LogP contribution in [-0.4, -0.2) is 30.7 Å². The van der Waals surface area contributed by atoms with E-state index in [9.17, 15) is 19.2 Å². The molecule has 0 fully saturated rings. The van der Waals surface area contributed by atoms with E-state index in [2.05, 4.69) is 67.6 Å². The Balaban J connectivity index is 1.15. The molecule has 0 saturated carbocycles. The van der Waals surface area contributed by atoms with E-state index in [0.29, 0.717) is 33.0 Å². The molecule has 10 rings (SSSR count). The van der Waals surface area contributed by atoms with Gasteiger partial charge in [-0.15, -0.1) is 0 Å². The van der Waals surface area contributed by atoms with Crippen molar-refractivity contribution in [2.24, 2.45) is 0 Å². The Morgan fingerprint density at radius 2 is 1.16 bits per heavy atom. The number of methoxy groups -OCH3 is 1. The molecule has 8 aromatic rings. The SMILES string of the molecule is COc1cc2c(c3ccccc13)OC(c1ccc(-c3ccc(C=O)c4c(C(C)=O)cccc34)cc1)(c1ccc(-c3ccc4c5c(cccc35)C(=O)C4=O)cc1)C=C2C. The third-order valence-corrected chi connectivity index (χ3v) is 11.8. The Labute approximate surface area is 334 Å². The monoisotopic (exact) mass is 754 g/mol. The van der Waals surface area contributed by atoms with Crippen LogP contribution in [0.4, 0.5) is 0 Å². The second kappa shape index (κ2) is 13.1. The quantitative estimate of drug-likeness (QED) is 0.0915. The number of ether oxygens (including phenoxy) is 2. The predicted molar refractivity (Wildman–Crippen MR) is 228 cm³/mol. The van der Waals surface area contributed by atoms with Crippen molar-refractivity contribution >= 4 is 61.5 Å². The summed E-state index contributed by atoms with van der Waals surface area (Å²) in [5, 5.41) is 4.91. The van der Waals surface area contributed by atoms with Crippen LogP contribution < -0.4 is 9.47 Å². The maximum absolute atomic E-state index is 12.8. The standard InChI is InChI=1S/C52H34O6/c1-29-27-52(58-51-42-9-5-4-8-39(42)46(57-3)26-45(29)51,34-19-14-31(15-20-34)37-23-18-33(28-53)47-36(30(2)54)10-6-11-40(37)47)35-21-16-32(17-22-35)38-24-25-44-48-41(38)12-7-13-43(48)49(55)50(44)56/h4-28H,1-3H3. The first-order chi connectivity index (χ1) is 28.2. The summed E-state index contributed by atoms with van der Waals surface area (Å²) in [7, 11) is 1.68. The van der Waals surface area contributed by atoms with Crippen molar-refractivity contribution in [1.29, 1.82) is 0 Å². The number of Topliss-reactive ketones (excluding diaryl/α,β-unsaturated/α-hetero) is 3. The van der Waals surface area contributed by atoms with Gasteiger partial charge in [0.1, 0.15) is 11.5 Å². The van der Waals surface area contributed by atoms with E-state index in [1.165, 1.54) is 6.92 Å². The zero-order valence-electron chi connectivity index (χ0n) is 31.9. The lowest BCUT2D eigenvalue weighted by molar-refractivity contribution is 0.0825.